The van der Waals surface area contributed by atoms with Crippen molar-refractivity contribution in [3.05, 3.63) is 35.4 Å². The van der Waals surface area contributed by atoms with Gasteiger partial charge in [0.15, 0.2) is 5.60 Å². The summed E-state index contributed by atoms with van der Waals surface area (Å²) < 4.78 is 37.7. The minimum absolute atomic E-state index is 0.136. The third kappa shape index (κ3) is 4.26. The Morgan fingerprint density at radius 1 is 1.04 bits per heavy atom. The largest absolute Gasteiger partial charge is 0.544 e. The average Bonchev–Trinajstić information content (AvgIpc) is 3.00. The van der Waals surface area contributed by atoms with Crippen LogP contribution in [-0.2, 0) is 14.3 Å². The molecule has 0 bridgehead atoms. The lowest BCUT2D eigenvalue weighted by Crippen LogP contribution is -2.57. The summed E-state index contributed by atoms with van der Waals surface area (Å²) >= 11 is 0. The molecule has 1 fully saturated rings. The number of aliphatic carboxylic acids is 1. The molecule has 0 heterocycles. The van der Waals surface area contributed by atoms with E-state index in [2.05, 4.69) is 0 Å². The predicted molar refractivity (Wildman–Crippen MR) is 88.2 cm³/mol. The fourth-order valence-electron chi connectivity index (χ4n) is 2.94. The zero-order chi connectivity index (χ0) is 20.5. The zero-order valence-corrected chi connectivity index (χ0v) is 15.3. The molecule has 1 saturated carbocycles. The third-order valence-electron chi connectivity index (χ3n) is 4.73. The molecule has 0 saturated heterocycles. The molecule has 0 atom stereocenters. The molecule has 8 heteroatoms. The van der Waals surface area contributed by atoms with Gasteiger partial charge < -0.3 is 19.4 Å². The van der Waals surface area contributed by atoms with Crippen LogP contribution in [0.1, 0.15) is 67.2 Å². The lowest BCUT2D eigenvalue weighted by molar-refractivity contribution is -0.341. The second-order valence-corrected chi connectivity index (χ2v) is 7.35. The highest BCUT2D eigenvalue weighted by atomic mass is 19.3. The third-order valence-corrected chi connectivity index (χ3v) is 4.73. The summed E-state index contributed by atoms with van der Waals surface area (Å²) in [6.07, 6.45) is 3.21. The molecule has 27 heavy (non-hydrogen) atoms. The molecule has 0 N–H and O–H groups in total. The Morgan fingerprint density at radius 2 is 1.52 bits per heavy atom. The van der Waals surface area contributed by atoms with Gasteiger partial charge >= 0.3 is 17.9 Å². The van der Waals surface area contributed by atoms with Gasteiger partial charge in [-0.2, -0.15) is 8.78 Å². The number of carbonyl (C=O) groups excluding carboxylic acids is 3. The van der Waals surface area contributed by atoms with Crippen molar-refractivity contribution in [2.75, 3.05) is 0 Å². The normalized spacial score (nSPS) is 16.6. The number of hydrogen-bond donors (Lipinski definition) is 0. The summed E-state index contributed by atoms with van der Waals surface area (Å²) in [4.78, 5) is 35.6. The predicted octanol–water partition coefficient (Wildman–Crippen LogP) is 2.50. The number of ether oxygens (including phenoxy) is 2. The van der Waals surface area contributed by atoms with Crippen LogP contribution in [0.2, 0.25) is 0 Å². The van der Waals surface area contributed by atoms with E-state index >= 15 is 0 Å². The number of alkyl halides is 2. The highest BCUT2D eigenvalue weighted by Gasteiger charge is 2.51. The fourth-order valence-corrected chi connectivity index (χ4v) is 2.94. The molecule has 1 aliphatic carbocycles. The van der Waals surface area contributed by atoms with Gasteiger partial charge in [0.1, 0.15) is 11.6 Å². The SMILES string of the molecule is CC1(OC(=O)c2ccccc2C(=O)OC(C)(C)C(F)(F)C(=O)[O-])CCCC1. The summed E-state index contributed by atoms with van der Waals surface area (Å²) in [6, 6.07) is 5.46. The van der Waals surface area contributed by atoms with Crippen molar-refractivity contribution >= 4 is 17.9 Å². The number of esters is 2. The van der Waals surface area contributed by atoms with Gasteiger partial charge in [-0.3, -0.25) is 0 Å². The quantitative estimate of drug-likeness (QED) is 0.701. The van der Waals surface area contributed by atoms with E-state index in [4.69, 9.17) is 9.47 Å². The minimum Gasteiger partial charge on any atom is -0.544 e. The van der Waals surface area contributed by atoms with Crippen LogP contribution in [0.5, 0.6) is 0 Å². The molecule has 0 aliphatic heterocycles. The zero-order valence-electron chi connectivity index (χ0n) is 15.3. The number of hydrogen-bond acceptors (Lipinski definition) is 6. The summed E-state index contributed by atoms with van der Waals surface area (Å²) in [7, 11) is 0. The Balaban J connectivity index is 2.25. The van der Waals surface area contributed by atoms with Gasteiger partial charge in [0, 0.05) is 0 Å². The molecular formula is C19H21F2O6-. The van der Waals surface area contributed by atoms with E-state index in [1.54, 1.807) is 6.92 Å². The minimum atomic E-state index is -4.42. The molecule has 148 valence electrons. The number of carbonyl (C=O) groups is 3. The monoisotopic (exact) mass is 383 g/mol. The van der Waals surface area contributed by atoms with Crippen molar-refractivity contribution in [2.24, 2.45) is 0 Å². The molecule has 1 aromatic rings. The van der Waals surface area contributed by atoms with Crippen molar-refractivity contribution in [3.8, 4) is 0 Å². The van der Waals surface area contributed by atoms with E-state index in [-0.39, 0.29) is 11.1 Å². The number of carboxylic acids is 1. The molecule has 1 aromatic carbocycles. The van der Waals surface area contributed by atoms with Crippen LogP contribution in [0.15, 0.2) is 24.3 Å². The number of benzene rings is 1. The van der Waals surface area contributed by atoms with Crippen LogP contribution < -0.4 is 5.11 Å². The Bertz CT molecular complexity index is 750. The average molecular weight is 383 g/mol. The number of carboxylic acid groups (broad SMARTS) is 1. The lowest BCUT2D eigenvalue weighted by Gasteiger charge is -2.34. The van der Waals surface area contributed by atoms with Crippen LogP contribution in [-0.4, -0.2) is 35.0 Å². The second-order valence-electron chi connectivity index (χ2n) is 7.35. The van der Waals surface area contributed by atoms with Gasteiger partial charge in [-0.25, -0.2) is 9.59 Å². The standard InChI is InChI=1S/C19H22F2O6/c1-17(2,19(20,21)16(24)25)26-14(22)12-8-4-5-9-13(12)15(23)27-18(3)10-6-7-11-18/h4-5,8-9H,6-7,10-11H2,1-3H3,(H,24,25)/p-1. The van der Waals surface area contributed by atoms with Crippen molar-refractivity contribution < 1.29 is 37.7 Å². The van der Waals surface area contributed by atoms with Gasteiger partial charge in [0.25, 0.3) is 0 Å². The maximum Gasteiger partial charge on any atom is 0.339 e. The molecule has 0 radical (unpaired) electrons. The maximum atomic E-state index is 13.7. The van der Waals surface area contributed by atoms with Crippen LogP contribution in [0.4, 0.5) is 8.78 Å². The van der Waals surface area contributed by atoms with Crippen LogP contribution >= 0.6 is 0 Å². The molecule has 6 nitrogen and oxygen atoms in total. The maximum absolute atomic E-state index is 13.7. The molecule has 0 amide bonds. The Kier molecular flexibility index (Phi) is 5.58. The summed E-state index contributed by atoms with van der Waals surface area (Å²) in [6.45, 7) is 3.30. The van der Waals surface area contributed by atoms with Gasteiger partial charge in [-0.15, -0.1) is 0 Å². The van der Waals surface area contributed by atoms with E-state index in [9.17, 15) is 28.3 Å². The van der Waals surface area contributed by atoms with Crippen molar-refractivity contribution in [1.29, 1.82) is 0 Å². The Morgan fingerprint density at radius 3 is 2.00 bits per heavy atom. The Hall–Kier alpha value is -2.51. The molecule has 1 aliphatic rings. The van der Waals surface area contributed by atoms with Crippen molar-refractivity contribution in [1.82, 2.24) is 0 Å². The number of rotatable bonds is 6. The Labute approximate surface area is 155 Å². The fraction of sp³-hybridized carbons (Fsp3) is 0.526. The van der Waals surface area contributed by atoms with E-state index < -0.39 is 35.0 Å². The summed E-state index contributed by atoms with van der Waals surface area (Å²) in [5.41, 5.74) is -3.75. The summed E-state index contributed by atoms with van der Waals surface area (Å²) in [5, 5.41) is 10.7. The van der Waals surface area contributed by atoms with Crippen LogP contribution in [0, 0.1) is 0 Å². The first-order chi connectivity index (χ1) is 12.4. The van der Waals surface area contributed by atoms with Crippen LogP contribution in [0.3, 0.4) is 0 Å². The second kappa shape index (κ2) is 7.25. The molecule has 0 spiro atoms. The number of halogens is 2. The first-order valence-electron chi connectivity index (χ1n) is 8.55. The van der Waals surface area contributed by atoms with Gasteiger partial charge in [-0.05, 0) is 58.6 Å². The van der Waals surface area contributed by atoms with E-state index in [1.807, 2.05) is 0 Å². The highest BCUT2D eigenvalue weighted by Crippen LogP contribution is 2.35. The van der Waals surface area contributed by atoms with E-state index in [0.717, 1.165) is 26.7 Å². The molecular weight excluding hydrogens is 362 g/mol. The van der Waals surface area contributed by atoms with E-state index in [1.165, 1.54) is 24.3 Å². The lowest BCUT2D eigenvalue weighted by atomic mass is 9.99. The van der Waals surface area contributed by atoms with Gasteiger partial charge in [0.05, 0.1) is 11.1 Å². The van der Waals surface area contributed by atoms with Gasteiger partial charge in [-0.1, -0.05) is 12.1 Å². The van der Waals surface area contributed by atoms with Crippen LogP contribution in [0.25, 0.3) is 0 Å². The topological polar surface area (TPSA) is 92.7 Å². The molecule has 2 rings (SSSR count). The molecule has 0 aromatic heterocycles. The first-order valence-corrected chi connectivity index (χ1v) is 8.55. The van der Waals surface area contributed by atoms with Gasteiger partial charge in [0.2, 0.25) is 0 Å². The first kappa shape index (κ1) is 20.8. The summed E-state index contributed by atoms with van der Waals surface area (Å²) in [5.74, 6) is -9.11. The van der Waals surface area contributed by atoms with Crippen molar-refractivity contribution in [2.45, 2.75) is 63.6 Å². The highest BCUT2D eigenvalue weighted by molar-refractivity contribution is 6.03. The smallest absolute Gasteiger partial charge is 0.339 e. The van der Waals surface area contributed by atoms with E-state index in [0.29, 0.717) is 12.8 Å². The van der Waals surface area contributed by atoms with Crippen molar-refractivity contribution in [3.63, 3.8) is 0 Å². The molecule has 0 unspecified atom stereocenters.